The molecule has 0 rings (SSSR count). The zero-order valence-corrected chi connectivity index (χ0v) is 11.7. The van der Waals surface area contributed by atoms with Crippen molar-refractivity contribution in [2.75, 3.05) is 40.3 Å². The van der Waals surface area contributed by atoms with Gasteiger partial charge >= 0.3 is 0 Å². The van der Waals surface area contributed by atoms with E-state index in [1.807, 2.05) is 27.7 Å². The maximum absolute atomic E-state index is 2.43. The van der Waals surface area contributed by atoms with Crippen molar-refractivity contribution in [1.29, 1.82) is 0 Å². The summed E-state index contributed by atoms with van der Waals surface area (Å²) in [7, 11) is 4.23. The van der Waals surface area contributed by atoms with E-state index in [0.29, 0.717) is 0 Å². The van der Waals surface area contributed by atoms with Gasteiger partial charge in [-0.2, -0.15) is 0 Å². The highest BCUT2D eigenvalue weighted by Crippen LogP contribution is 1.86. The van der Waals surface area contributed by atoms with Gasteiger partial charge in [0.2, 0.25) is 0 Å². The largest absolute Gasteiger partial charge is 0.308 e. The van der Waals surface area contributed by atoms with Gasteiger partial charge in [-0.05, 0) is 27.2 Å². The highest BCUT2D eigenvalue weighted by molar-refractivity contribution is 4.53. The summed E-state index contributed by atoms with van der Waals surface area (Å²) in [6, 6.07) is 0. The number of hydrogen-bond acceptors (Lipinski definition) is 2. The fourth-order valence-corrected chi connectivity index (χ4v) is 0.881. The minimum absolute atomic E-state index is 1.17. The first-order valence-corrected chi connectivity index (χ1v) is 6.07. The van der Waals surface area contributed by atoms with Crippen molar-refractivity contribution < 1.29 is 0 Å². The molecule has 90 valence electrons. The molecule has 0 amide bonds. The van der Waals surface area contributed by atoms with E-state index in [-0.39, 0.29) is 0 Å². The van der Waals surface area contributed by atoms with Crippen LogP contribution in [0.25, 0.3) is 0 Å². The van der Waals surface area contributed by atoms with E-state index in [1.165, 1.54) is 26.2 Å². The second kappa shape index (κ2) is 18.7. The molecule has 0 unspecified atom stereocenters. The van der Waals surface area contributed by atoms with Crippen LogP contribution in [0.2, 0.25) is 0 Å². The second-order valence-electron chi connectivity index (χ2n) is 2.83. The van der Waals surface area contributed by atoms with Gasteiger partial charge in [-0.3, -0.25) is 0 Å². The molecule has 0 heterocycles. The summed E-state index contributed by atoms with van der Waals surface area (Å²) in [6.45, 7) is 17.1. The monoisotopic (exact) mass is 204 g/mol. The first-order valence-electron chi connectivity index (χ1n) is 6.07. The molecule has 0 saturated heterocycles. The molecule has 0 bridgehead atoms. The fraction of sp³-hybridized carbons (Fsp3) is 1.00. The van der Waals surface area contributed by atoms with Crippen LogP contribution in [0.3, 0.4) is 0 Å². The van der Waals surface area contributed by atoms with Crippen LogP contribution in [-0.4, -0.2) is 50.1 Å². The molecule has 0 fully saturated rings. The first kappa shape index (κ1) is 19.5. The molecule has 0 spiro atoms. The van der Waals surface area contributed by atoms with Gasteiger partial charge in [-0.15, -0.1) is 0 Å². The quantitative estimate of drug-likeness (QED) is 0.679. The average molecular weight is 204 g/mol. The Morgan fingerprint density at radius 2 is 1.07 bits per heavy atom. The Kier molecular flexibility index (Phi) is 26.0. The van der Waals surface area contributed by atoms with Crippen molar-refractivity contribution >= 4 is 0 Å². The summed E-state index contributed by atoms with van der Waals surface area (Å²) in [5.41, 5.74) is 0. The molecule has 0 saturated carbocycles. The van der Waals surface area contributed by atoms with E-state index in [4.69, 9.17) is 0 Å². The third-order valence-electron chi connectivity index (χ3n) is 1.76. The van der Waals surface area contributed by atoms with Crippen LogP contribution in [0, 0.1) is 0 Å². The Morgan fingerprint density at radius 1 is 0.714 bits per heavy atom. The molecule has 0 aromatic rings. The molecule has 0 radical (unpaired) electrons. The lowest BCUT2D eigenvalue weighted by Crippen LogP contribution is -2.31. The van der Waals surface area contributed by atoms with Crippen LogP contribution in [0.15, 0.2) is 0 Å². The highest BCUT2D eigenvalue weighted by atomic mass is 15.2. The zero-order valence-electron chi connectivity index (χ0n) is 11.7. The van der Waals surface area contributed by atoms with Crippen molar-refractivity contribution in [3.63, 3.8) is 0 Å². The fourth-order valence-electron chi connectivity index (χ4n) is 0.881. The lowest BCUT2D eigenvalue weighted by Gasteiger charge is -2.20. The number of rotatable bonds is 5. The zero-order chi connectivity index (χ0) is 12.0. The third-order valence-corrected chi connectivity index (χ3v) is 1.76. The number of likely N-dealkylation sites (N-methyl/N-ethyl adjacent to an activating group) is 2. The van der Waals surface area contributed by atoms with E-state index < -0.39 is 0 Å². The van der Waals surface area contributed by atoms with Crippen molar-refractivity contribution in [1.82, 2.24) is 9.80 Å². The molecule has 0 aromatic carbocycles. The van der Waals surface area contributed by atoms with Crippen molar-refractivity contribution in [3.05, 3.63) is 0 Å². The molecule has 2 nitrogen and oxygen atoms in total. The van der Waals surface area contributed by atoms with E-state index in [1.54, 1.807) is 0 Å². The Morgan fingerprint density at radius 3 is 1.29 bits per heavy atom. The molecule has 14 heavy (non-hydrogen) atoms. The summed E-state index contributed by atoms with van der Waals surface area (Å²) in [6.07, 6.45) is 0. The van der Waals surface area contributed by atoms with Crippen LogP contribution < -0.4 is 0 Å². The van der Waals surface area contributed by atoms with Crippen LogP contribution in [0.5, 0.6) is 0 Å². The standard InChI is InChI=1S/C8H20N2.2C2H6/c1-5-10(6-2)8-7-9(3)4;2*1-2/h5-8H2,1-4H3;2*1-2H3. The van der Waals surface area contributed by atoms with E-state index >= 15 is 0 Å². The molecule has 2 heteroatoms. The molecule has 0 atom stereocenters. The van der Waals surface area contributed by atoms with Gasteiger partial charge in [0.1, 0.15) is 0 Å². The average Bonchev–Trinajstić information content (AvgIpc) is 2.25. The SMILES string of the molecule is CC.CC.CCN(CC)CCN(C)C. The minimum Gasteiger partial charge on any atom is -0.308 e. The Balaban J connectivity index is -0.000000266. The van der Waals surface area contributed by atoms with Gasteiger partial charge in [0.05, 0.1) is 0 Å². The van der Waals surface area contributed by atoms with Crippen LogP contribution >= 0.6 is 0 Å². The summed E-state index contributed by atoms with van der Waals surface area (Å²) in [5.74, 6) is 0. The molecular weight excluding hydrogens is 172 g/mol. The first-order chi connectivity index (χ1) is 6.70. The predicted octanol–water partition coefficient (Wildman–Crippen LogP) is 2.94. The van der Waals surface area contributed by atoms with Crippen molar-refractivity contribution in [3.8, 4) is 0 Å². The Hall–Kier alpha value is -0.0800. The van der Waals surface area contributed by atoms with Gasteiger partial charge in [0.25, 0.3) is 0 Å². The van der Waals surface area contributed by atoms with E-state index in [9.17, 15) is 0 Å². The van der Waals surface area contributed by atoms with Gasteiger partial charge in [-0.1, -0.05) is 41.5 Å². The second-order valence-corrected chi connectivity index (χ2v) is 2.83. The van der Waals surface area contributed by atoms with E-state index in [2.05, 4.69) is 37.7 Å². The van der Waals surface area contributed by atoms with E-state index in [0.717, 1.165) is 0 Å². The van der Waals surface area contributed by atoms with Gasteiger partial charge < -0.3 is 9.80 Å². The number of nitrogens with zero attached hydrogens (tertiary/aromatic N) is 2. The van der Waals surface area contributed by atoms with Crippen LogP contribution in [-0.2, 0) is 0 Å². The maximum Gasteiger partial charge on any atom is 0.0109 e. The van der Waals surface area contributed by atoms with Crippen molar-refractivity contribution in [2.24, 2.45) is 0 Å². The summed E-state index contributed by atoms with van der Waals surface area (Å²) >= 11 is 0. The molecule has 0 aromatic heterocycles. The van der Waals surface area contributed by atoms with Crippen LogP contribution in [0.1, 0.15) is 41.5 Å². The third kappa shape index (κ3) is 17.9. The van der Waals surface area contributed by atoms with Gasteiger partial charge in [0, 0.05) is 13.1 Å². The van der Waals surface area contributed by atoms with Gasteiger partial charge in [0.15, 0.2) is 0 Å². The predicted molar refractivity (Wildman–Crippen MR) is 69.0 cm³/mol. The smallest absolute Gasteiger partial charge is 0.0109 e. The normalized spacial score (nSPS) is 9.00. The topological polar surface area (TPSA) is 6.48 Å². The van der Waals surface area contributed by atoms with Crippen LogP contribution in [0.4, 0.5) is 0 Å². The maximum atomic E-state index is 2.43. The van der Waals surface area contributed by atoms with Crippen molar-refractivity contribution in [2.45, 2.75) is 41.5 Å². The molecule has 0 aliphatic heterocycles. The lowest BCUT2D eigenvalue weighted by molar-refractivity contribution is 0.261. The minimum atomic E-state index is 1.17. The highest BCUT2D eigenvalue weighted by Gasteiger charge is 1.97. The Bertz CT molecular complexity index is 68.7. The summed E-state index contributed by atoms with van der Waals surface area (Å²) < 4.78 is 0. The molecule has 0 aliphatic carbocycles. The summed E-state index contributed by atoms with van der Waals surface area (Å²) in [5, 5.41) is 0. The summed E-state index contributed by atoms with van der Waals surface area (Å²) in [4.78, 5) is 4.65. The molecular formula is C12H32N2. The number of hydrogen-bond donors (Lipinski definition) is 0. The Labute approximate surface area is 92.3 Å². The lowest BCUT2D eigenvalue weighted by atomic mass is 10.4. The molecule has 0 N–H and O–H groups in total. The molecule has 0 aliphatic rings. The van der Waals surface area contributed by atoms with Gasteiger partial charge in [-0.25, -0.2) is 0 Å².